The number of rotatable bonds is 18. The van der Waals surface area contributed by atoms with Crippen LogP contribution in [-0.4, -0.2) is 22.4 Å². The minimum absolute atomic E-state index is 0.0171. The van der Waals surface area contributed by atoms with E-state index in [1.54, 1.807) is 0 Å². The maximum absolute atomic E-state index is 12.1. The highest BCUT2D eigenvalue weighted by molar-refractivity contribution is 7.97. The van der Waals surface area contributed by atoms with Crippen LogP contribution < -0.4 is 0 Å². The maximum Gasteiger partial charge on any atom is 0.218 e. The number of unbranched alkanes of at least 4 members (excludes halogenated alkanes) is 10. The molecule has 0 amide bonds. The van der Waals surface area contributed by atoms with Gasteiger partial charge in [-0.25, -0.2) is 0 Å². The average Bonchev–Trinajstić information content (AvgIpc) is 2.56. The first-order valence-electron chi connectivity index (χ1n) is 10.1. The van der Waals surface area contributed by atoms with E-state index in [2.05, 4.69) is 39.1 Å². The normalized spacial score (nSPS) is 13.6. The molecule has 5 heteroatoms. The smallest absolute Gasteiger partial charge is 0.218 e. The Labute approximate surface area is 165 Å². The summed E-state index contributed by atoms with van der Waals surface area (Å²) < 4.78 is 5.94. The van der Waals surface area contributed by atoms with Crippen molar-refractivity contribution < 1.29 is 14.3 Å². The van der Waals surface area contributed by atoms with Gasteiger partial charge in [-0.2, -0.15) is 0 Å². The van der Waals surface area contributed by atoms with Gasteiger partial charge in [0, 0.05) is 6.61 Å². The van der Waals surface area contributed by atoms with E-state index >= 15 is 0 Å². The van der Waals surface area contributed by atoms with Gasteiger partial charge in [0.2, 0.25) is 5.12 Å². The molecule has 0 bridgehead atoms. The highest BCUT2D eigenvalue weighted by Gasteiger charge is 2.38. The zero-order valence-electron chi connectivity index (χ0n) is 16.2. The summed E-state index contributed by atoms with van der Waals surface area (Å²) >= 11 is 7.91. The SMILES string of the molecule is CCCCCCCCOC(CCCCCCCC)(CC(=O)S)C(=O)S. The Balaban J connectivity index is 4.36. The Morgan fingerprint density at radius 3 is 1.72 bits per heavy atom. The predicted octanol–water partition coefficient (Wildman–Crippen LogP) is 6.16. The van der Waals surface area contributed by atoms with Crippen molar-refractivity contribution in [2.75, 3.05) is 6.61 Å². The van der Waals surface area contributed by atoms with Crippen LogP contribution in [0.5, 0.6) is 0 Å². The fraction of sp³-hybridized carbons (Fsp3) is 0.900. The first-order valence-corrected chi connectivity index (χ1v) is 11.0. The zero-order chi connectivity index (χ0) is 19.0. The highest BCUT2D eigenvalue weighted by atomic mass is 32.1. The number of ether oxygens (including phenoxy) is 1. The Morgan fingerprint density at radius 1 is 0.760 bits per heavy atom. The molecular formula is C20H38O3S2. The Morgan fingerprint density at radius 2 is 1.24 bits per heavy atom. The van der Waals surface area contributed by atoms with Crippen LogP contribution >= 0.6 is 25.3 Å². The standard InChI is InChI=1S/C20H38O3S2/c1-3-5-7-9-11-13-15-20(19(22)25,17-18(21)24)23-16-14-12-10-8-6-4-2/h3-17H2,1-2H3,(H,21,24)(H,22,25). The second-order valence-electron chi connectivity index (χ2n) is 7.00. The summed E-state index contributed by atoms with van der Waals surface area (Å²) in [6, 6.07) is 0. The molecule has 0 spiro atoms. The first kappa shape index (κ1) is 25.0. The number of carbonyl (C=O) groups excluding carboxylic acids is 2. The second-order valence-corrected chi connectivity index (χ2v) is 7.91. The summed E-state index contributed by atoms with van der Waals surface area (Å²) in [5.74, 6) is 0. The van der Waals surface area contributed by atoms with Crippen molar-refractivity contribution in [2.24, 2.45) is 0 Å². The van der Waals surface area contributed by atoms with Gasteiger partial charge in [-0.05, 0) is 12.8 Å². The summed E-state index contributed by atoms with van der Waals surface area (Å²) in [4.78, 5) is 23.7. The number of carbonyl (C=O) groups is 2. The van der Waals surface area contributed by atoms with Crippen molar-refractivity contribution in [3.63, 3.8) is 0 Å². The van der Waals surface area contributed by atoms with Gasteiger partial charge >= 0.3 is 0 Å². The molecule has 0 rings (SSSR count). The number of hydrogen-bond acceptors (Lipinski definition) is 3. The Kier molecular flexibility index (Phi) is 16.2. The van der Waals surface area contributed by atoms with Crippen molar-refractivity contribution >= 4 is 35.5 Å². The third kappa shape index (κ3) is 12.9. The minimum Gasteiger partial charge on any atom is -0.366 e. The molecular weight excluding hydrogens is 352 g/mol. The van der Waals surface area contributed by atoms with Crippen LogP contribution in [0.3, 0.4) is 0 Å². The van der Waals surface area contributed by atoms with Crippen LogP contribution in [-0.2, 0) is 14.3 Å². The molecule has 3 nitrogen and oxygen atoms in total. The van der Waals surface area contributed by atoms with E-state index in [1.807, 2.05) is 0 Å². The van der Waals surface area contributed by atoms with Crippen molar-refractivity contribution in [2.45, 2.75) is 109 Å². The molecule has 1 atom stereocenters. The van der Waals surface area contributed by atoms with Crippen molar-refractivity contribution in [1.82, 2.24) is 0 Å². The summed E-state index contributed by atoms with van der Waals surface area (Å²) in [7, 11) is 0. The largest absolute Gasteiger partial charge is 0.366 e. The van der Waals surface area contributed by atoms with E-state index in [9.17, 15) is 9.59 Å². The van der Waals surface area contributed by atoms with Crippen molar-refractivity contribution in [3.8, 4) is 0 Å². The van der Waals surface area contributed by atoms with E-state index in [-0.39, 0.29) is 16.7 Å². The van der Waals surface area contributed by atoms with Crippen LogP contribution in [0.15, 0.2) is 0 Å². The van der Waals surface area contributed by atoms with Gasteiger partial charge in [-0.15, -0.1) is 25.3 Å². The van der Waals surface area contributed by atoms with Gasteiger partial charge in [0.15, 0.2) is 5.12 Å². The van der Waals surface area contributed by atoms with E-state index < -0.39 is 5.60 Å². The van der Waals surface area contributed by atoms with Crippen LogP contribution in [0.25, 0.3) is 0 Å². The third-order valence-electron chi connectivity index (χ3n) is 4.64. The van der Waals surface area contributed by atoms with E-state index in [1.165, 1.54) is 44.9 Å². The minimum atomic E-state index is -1.09. The number of hydrogen-bond donors (Lipinski definition) is 2. The lowest BCUT2D eigenvalue weighted by Crippen LogP contribution is -2.41. The van der Waals surface area contributed by atoms with Crippen LogP contribution in [0, 0.1) is 0 Å². The molecule has 0 aromatic carbocycles. The quantitative estimate of drug-likeness (QED) is 0.218. The third-order valence-corrected chi connectivity index (χ3v) is 5.20. The monoisotopic (exact) mass is 390 g/mol. The highest BCUT2D eigenvalue weighted by Crippen LogP contribution is 2.29. The van der Waals surface area contributed by atoms with Crippen molar-refractivity contribution in [1.29, 1.82) is 0 Å². The van der Waals surface area contributed by atoms with Crippen molar-refractivity contribution in [3.05, 3.63) is 0 Å². The molecule has 0 aliphatic carbocycles. The lowest BCUT2D eigenvalue weighted by molar-refractivity contribution is -0.141. The lowest BCUT2D eigenvalue weighted by atomic mass is 9.93. The molecule has 0 heterocycles. The Hall–Kier alpha value is -0.0000000000000000555. The van der Waals surface area contributed by atoms with Gasteiger partial charge in [0.1, 0.15) is 5.60 Å². The molecule has 0 saturated heterocycles. The van der Waals surface area contributed by atoms with Gasteiger partial charge in [0.05, 0.1) is 6.42 Å². The van der Waals surface area contributed by atoms with Crippen LogP contribution in [0.1, 0.15) is 104 Å². The second kappa shape index (κ2) is 16.2. The molecule has 0 aromatic heterocycles. The van der Waals surface area contributed by atoms with Gasteiger partial charge < -0.3 is 4.74 Å². The van der Waals surface area contributed by atoms with Gasteiger partial charge in [-0.1, -0.05) is 84.5 Å². The number of thiol groups is 2. The first-order chi connectivity index (χ1) is 12.0. The fourth-order valence-electron chi connectivity index (χ4n) is 3.04. The molecule has 0 fully saturated rings. The van der Waals surface area contributed by atoms with Crippen LogP contribution in [0.4, 0.5) is 0 Å². The molecule has 0 radical (unpaired) electrons. The summed E-state index contributed by atoms with van der Waals surface area (Å²) in [5, 5.41) is -0.647. The van der Waals surface area contributed by atoms with Gasteiger partial charge in [-0.3, -0.25) is 9.59 Å². The van der Waals surface area contributed by atoms with E-state index in [0.29, 0.717) is 13.0 Å². The van der Waals surface area contributed by atoms with E-state index in [0.717, 1.165) is 32.1 Å². The molecule has 0 aromatic rings. The molecule has 0 aliphatic heterocycles. The molecule has 1 unspecified atom stereocenters. The lowest BCUT2D eigenvalue weighted by Gasteiger charge is -2.30. The van der Waals surface area contributed by atoms with E-state index in [4.69, 9.17) is 4.74 Å². The molecule has 0 N–H and O–H groups in total. The Bertz CT molecular complexity index is 361. The summed E-state index contributed by atoms with van der Waals surface area (Å²) in [6.07, 6.45) is 14.3. The summed E-state index contributed by atoms with van der Waals surface area (Å²) in [5.41, 5.74) is -1.09. The van der Waals surface area contributed by atoms with Crippen LogP contribution in [0.2, 0.25) is 0 Å². The molecule has 25 heavy (non-hydrogen) atoms. The molecule has 0 aliphatic rings. The average molecular weight is 391 g/mol. The fourth-order valence-corrected chi connectivity index (χ4v) is 3.55. The maximum atomic E-state index is 12.1. The van der Waals surface area contributed by atoms with Gasteiger partial charge in [0.25, 0.3) is 0 Å². The molecule has 0 saturated carbocycles. The zero-order valence-corrected chi connectivity index (χ0v) is 18.0. The summed E-state index contributed by atoms with van der Waals surface area (Å²) in [6.45, 7) is 4.90. The predicted molar refractivity (Wildman–Crippen MR) is 113 cm³/mol. The topological polar surface area (TPSA) is 43.4 Å². The molecule has 148 valence electrons.